The zero-order valence-electron chi connectivity index (χ0n) is 16.0. The fraction of sp³-hybridized carbons (Fsp3) is 1.00. The van der Waals surface area contributed by atoms with Crippen LogP contribution in [0.5, 0.6) is 0 Å². The molecule has 0 aliphatic heterocycles. The molecule has 0 aromatic rings. The molecule has 1 N–H and O–H groups in total. The monoisotopic (exact) mass is 316 g/mol. The van der Waals surface area contributed by atoms with Crippen molar-refractivity contribution in [3.63, 3.8) is 0 Å². The second-order valence-electron chi connectivity index (χ2n) is 6.70. The van der Waals surface area contributed by atoms with Crippen LogP contribution in [0.15, 0.2) is 0 Å². The van der Waals surface area contributed by atoms with Crippen molar-refractivity contribution >= 4 is 0 Å². The third-order valence-electron chi connectivity index (χ3n) is 3.72. The summed E-state index contributed by atoms with van der Waals surface area (Å²) in [7, 11) is 0. The summed E-state index contributed by atoms with van der Waals surface area (Å²) in [5.41, 5.74) is 0. The number of ether oxygens (including phenoxy) is 1. The van der Waals surface area contributed by atoms with Crippen LogP contribution in [0.2, 0.25) is 0 Å². The summed E-state index contributed by atoms with van der Waals surface area (Å²) in [6, 6.07) is 0. The van der Waals surface area contributed by atoms with Crippen molar-refractivity contribution in [3.8, 4) is 0 Å². The van der Waals surface area contributed by atoms with E-state index in [1.807, 2.05) is 0 Å². The van der Waals surface area contributed by atoms with Crippen LogP contribution in [-0.2, 0) is 4.74 Å². The molecular formula is C20H44O2. The molecule has 0 aliphatic rings. The maximum atomic E-state index is 8.43. The molecule has 0 atom stereocenters. The van der Waals surface area contributed by atoms with Gasteiger partial charge in [-0.2, -0.15) is 0 Å². The van der Waals surface area contributed by atoms with Gasteiger partial charge in [-0.05, 0) is 25.2 Å². The summed E-state index contributed by atoms with van der Waals surface area (Å²) in [4.78, 5) is 0. The minimum atomic E-state index is 0.359. The van der Waals surface area contributed by atoms with Crippen LogP contribution in [0.25, 0.3) is 0 Å². The Morgan fingerprint density at radius 3 is 1.59 bits per heavy atom. The van der Waals surface area contributed by atoms with Gasteiger partial charge in [-0.3, -0.25) is 0 Å². The molecule has 2 heteroatoms. The lowest BCUT2D eigenvalue weighted by Crippen LogP contribution is -1.96. The smallest absolute Gasteiger partial charge is 0.0466 e. The SMILES string of the molecule is CC(C)CCCCCO.CCCCCCOCCCCCC. The van der Waals surface area contributed by atoms with Crippen molar-refractivity contribution in [1.29, 1.82) is 0 Å². The standard InChI is InChI=1S/C12H26O.C8H18O/c1-3-5-7-9-11-13-12-10-8-6-4-2;1-8(2)6-4-3-5-7-9/h3-12H2,1-2H3;8-9H,3-7H2,1-2H3. The number of aliphatic hydroxyl groups is 1. The molecule has 2 nitrogen and oxygen atoms in total. The van der Waals surface area contributed by atoms with Crippen LogP contribution >= 0.6 is 0 Å². The Morgan fingerprint density at radius 2 is 1.18 bits per heavy atom. The first kappa shape index (κ1) is 24.2. The van der Waals surface area contributed by atoms with Gasteiger partial charge in [-0.25, -0.2) is 0 Å². The van der Waals surface area contributed by atoms with Crippen LogP contribution < -0.4 is 0 Å². The van der Waals surface area contributed by atoms with Gasteiger partial charge in [-0.15, -0.1) is 0 Å². The molecule has 0 amide bonds. The van der Waals surface area contributed by atoms with Crippen molar-refractivity contribution in [1.82, 2.24) is 0 Å². The molecule has 0 heterocycles. The molecule has 0 aromatic heterocycles. The molecule has 0 spiro atoms. The fourth-order valence-electron chi connectivity index (χ4n) is 2.21. The highest BCUT2D eigenvalue weighted by molar-refractivity contribution is 4.46. The molecule has 0 fully saturated rings. The minimum Gasteiger partial charge on any atom is -0.396 e. The first-order valence-electron chi connectivity index (χ1n) is 9.87. The summed E-state index contributed by atoms with van der Waals surface area (Å²) in [5.74, 6) is 0.823. The molecule has 0 bridgehead atoms. The van der Waals surface area contributed by atoms with E-state index in [-0.39, 0.29) is 0 Å². The van der Waals surface area contributed by atoms with E-state index < -0.39 is 0 Å². The molecule has 136 valence electrons. The third kappa shape index (κ3) is 28.1. The van der Waals surface area contributed by atoms with Crippen LogP contribution in [0.3, 0.4) is 0 Å². The highest BCUT2D eigenvalue weighted by Gasteiger charge is 1.92. The van der Waals surface area contributed by atoms with E-state index in [1.54, 1.807) is 0 Å². The molecule has 0 aliphatic carbocycles. The minimum absolute atomic E-state index is 0.359. The van der Waals surface area contributed by atoms with Crippen molar-refractivity contribution in [2.24, 2.45) is 5.92 Å². The summed E-state index contributed by atoms with van der Waals surface area (Å²) in [6.07, 6.45) is 15.3. The van der Waals surface area contributed by atoms with E-state index in [2.05, 4.69) is 27.7 Å². The molecule has 0 rings (SSSR count). The molecule has 0 aromatic carbocycles. The largest absolute Gasteiger partial charge is 0.396 e. The number of hydrogen-bond acceptors (Lipinski definition) is 2. The normalized spacial score (nSPS) is 10.6. The van der Waals surface area contributed by atoms with Gasteiger partial charge in [0.2, 0.25) is 0 Å². The van der Waals surface area contributed by atoms with Gasteiger partial charge in [0.15, 0.2) is 0 Å². The number of rotatable bonds is 15. The number of unbranched alkanes of at least 4 members (excludes halogenated alkanes) is 8. The topological polar surface area (TPSA) is 29.5 Å². The fourth-order valence-corrected chi connectivity index (χ4v) is 2.21. The Morgan fingerprint density at radius 1 is 0.682 bits per heavy atom. The van der Waals surface area contributed by atoms with E-state index in [0.29, 0.717) is 6.61 Å². The lowest BCUT2D eigenvalue weighted by Gasteiger charge is -2.03. The molecular weight excluding hydrogens is 272 g/mol. The second-order valence-corrected chi connectivity index (χ2v) is 6.70. The predicted octanol–water partition coefficient (Wildman–Crippen LogP) is 6.36. The number of hydrogen-bond donors (Lipinski definition) is 1. The summed E-state index contributed by atoms with van der Waals surface area (Å²) < 4.78 is 5.53. The predicted molar refractivity (Wildman–Crippen MR) is 99.5 cm³/mol. The van der Waals surface area contributed by atoms with Crippen LogP contribution in [0, 0.1) is 5.92 Å². The Balaban J connectivity index is 0. The van der Waals surface area contributed by atoms with Gasteiger partial charge in [-0.1, -0.05) is 85.5 Å². The number of aliphatic hydroxyl groups excluding tert-OH is 1. The molecule has 0 saturated carbocycles. The highest BCUT2D eigenvalue weighted by Crippen LogP contribution is 2.07. The van der Waals surface area contributed by atoms with E-state index in [9.17, 15) is 0 Å². The lowest BCUT2D eigenvalue weighted by atomic mass is 10.1. The van der Waals surface area contributed by atoms with Crippen LogP contribution in [0.1, 0.15) is 105 Å². The average molecular weight is 317 g/mol. The first-order chi connectivity index (χ1) is 10.7. The van der Waals surface area contributed by atoms with E-state index in [0.717, 1.165) is 25.6 Å². The first-order valence-corrected chi connectivity index (χ1v) is 9.87. The summed E-state index contributed by atoms with van der Waals surface area (Å²) in [6.45, 7) is 11.3. The zero-order chi connectivity index (χ0) is 16.9. The van der Waals surface area contributed by atoms with Crippen molar-refractivity contribution in [3.05, 3.63) is 0 Å². The van der Waals surface area contributed by atoms with Crippen LogP contribution in [0.4, 0.5) is 0 Å². The molecule has 0 unspecified atom stereocenters. The highest BCUT2D eigenvalue weighted by atomic mass is 16.5. The molecule has 22 heavy (non-hydrogen) atoms. The summed E-state index contributed by atoms with van der Waals surface area (Å²) >= 11 is 0. The van der Waals surface area contributed by atoms with E-state index >= 15 is 0 Å². The van der Waals surface area contributed by atoms with Crippen molar-refractivity contribution in [2.75, 3.05) is 19.8 Å². The van der Waals surface area contributed by atoms with Gasteiger partial charge in [0.1, 0.15) is 0 Å². The molecule has 0 radical (unpaired) electrons. The maximum Gasteiger partial charge on any atom is 0.0466 e. The maximum absolute atomic E-state index is 8.43. The van der Waals surface area contributed by atoms with Gasteiger partial charge < -0.3 is 9.84 Å². The Bertz CT molecular complexity index is 159. The quantitative estimate of drug-likeness (QED) is 0.356. The van der Waals surface area contributed by atoms with Gasteiger partial charge >= 0.3 is 0 Å². The van der Waals surface area contributed by atoms with E-state index in [1.165, 1.54) is 70.6 Å². The zero-order valence-corrected chi connectivity index (χ0v) is 16.0. The summed E-state index contributed by atoms with van der Waals surface area (Å²) in [5, 5.41) is 8.43. The van der Waals surface area contributed by atoms with Crippen molar-refractivity contribution < 1.29 is 9.84 Å². The van der Waals surface area contributed by atoms with Crippen molar-refractivity contribution in [2.45, 2.75) is 105 Å². The van der Waals surface area contributed by atoms with Crippen LogP contribution in [-0.4, -0.2) is 24.9 Å². The average Bonchev–Trinajstić information content (AvgIpc) is 2.50. The van der Waals surface area contributed by atoms with Gasteiger partial charge in [0.25, 0.3) is 0 Å². The third-order valence-corrected chi connectivity index (χ3v) is 3.72. The Hall–Kier alpha value is -0.0800. The second kappa shape index (κ2) is 23.2. The lowest BCUT2D eigenvalue weighted by molar-refractivity contribution is 0.126. The molecule has 0 saturated heterocycles. The van der Waals surface area contributed by atoms with Gasteiger partial charge in [0, 0.05) is 19.8 Å². The Kier molecular flexibility index (Phi) is 25.5. The van der Waals surface area contributed by atoms with Gasteiger partial charge in [0.05, 0.1) is 0 Å². The van der Waals surface area contributed by atoms with E-state index in [4.69, 9.17) is 9.84 Å². The Labute approximate surface area is 141 Å².